The lowest BCUT2D eigenvalue weighted by atomic mass is 9.94. The van der Waals surface area contributed by atoms with E-state index in [1.54, 1.807) is 17.2 Å². The van der Waals surface area contributed by atoms with Crippen LogP contribution in [0.5, 0.6) is 0 Å². The standard InChI is InChI=1S/C45H57N11O5/c1-29(2)61-38-27-55(28-38)45(60)47-23-34-8-7-32(21-30(34)3)39-11-16-46-44(51-39)50-36-24-48-56(26-36)37-14-17-53(18-15-37)25-31-12-19-54(20-13-31)43(59)33-5-4-6-35(22-33)49-40-9-10-41(57)52-42(40)58/h4-8,11,16,21-22,24,26,29,31,37-38,40,49H,9-10,12-15,17-20,23,25,27-28H2,1-3H3,(H,47,60)(H,46,50,51)(H,52,57,58). The first-order chi connectivity index (χ1) is 29.5. The second-order valence-electron chi connectivity index (χ2n) is 17.1. The van der Waals surface area contributed by atoms with Gasteiger partial charge >= 0.3 is 6.03 Å². The lowest BCUT2D eigenvalue weighted by Gasteiger charge is -2.39. The Hall–Kier alpha value is -5.87. The molecule has 4 aliphatic rings. The smallest absolute Gasteiger partial charge is 0.317 e. The Morgan fingerprint density at radius 2 is 1.74 bits per heavy atom. The number of likely N-dealkylation sites (tertiary alicyclic amines) is 3. The number of urea groups is 1. The summed E-state index contributed by atoms with van der Waals surface area (Å²) in [5.74, 6) is 0.464. The summed E-state index contributed by atoms with van der Waals surface area (Å²) < 4.78 is 7.82. The van der Waals surface area contributed by atoms with Crippen molar-refractivity contribution in [3.8, 4) is 11.3 Å². The summed E-state index contributed by atoms with van der Waals surface area (Å²) in [5, 5.41) is 16.6. The van der Waals surface area contributed by atoms with Crippen molar-refractivity contribution in [3.63, 3.8) is 0 Å². The summed E-state index contributed by atoms with van der Waals surface area (Å²) >= 11 is 0. The van der Waals surface area contributed by atoms with Gasteiger partial charge in [0.25, 0.3) is 5.91 Å². The molecule has 16 nitrogen and oxygen atoms in total. The van der Waals surface area contributed by atoms with Crippen LogP contribution in [0, 0.1) is 12.8 Å². The van der Waals surface area contributed by atoms with Crippen LogP contribution >= 0.6 is 0 Å². The van der Waals surface area contributed by atoms with Gasteiger partial charge in [0.1, 0.15) is 6.04 Å². The number of anilines is 3. The first-order valence-electron chi connectivity index (χ1n) is 21.7. The Balaban J connectivity index is 0.759. The van der Waals surface area contributed by atoms with E-state index in [2.05, 4.69) is 41.9 Å². The summed E-state index contributed by atoms with van der Waals surface area (Å²) in [4.78, 5) is 65.3. The fourth-order valence-electron chi connectivity index (χ4n) is 8.73. The average molecular weight is 832 g/mol. The first-order valence-corrected chi connectivity index (χ1v) is 21.7. The molecule has 4 saturated heterocycles. The molecule has 4 N–H and O–H groups in total. The summed E-state index contributed by atoms with van der Waals surface area (Å²) in [6.07, 6.45) is 10.6. The SMILES string of the molecule is Cc1cc(-c2ccnc(Nc3cnn(C4CCN(CC5CCN(C(=O)c6cccc(NC7CCC(=O)NC7=O)c6)CC5)CC4)c3)n2)ccc1CNC(=O)N1CC(OC(C)C)C1. The highest BCUT2D eigenvalue weighted by molar-refractivity contribution is 6.01. The molecule has 1 unspecified atom stereocenters. The second-order valence-corrected chi connectivity index (χ2v) is 17.1. The van der Waals surface area contributed by atoms with Crippen LogP contribution in [0.4, 0.5) is 22.1 Å². The number of nitrogens with zero attached hydrogens (tertiary/aromatic N) is 7. The van der Waals surface area contributed by atoms with Gasteiger partial charge < -0.3 is 35.4 Å². The summed E-state index contributed by atoms with van der Waals surface area (Å²) in [6, 6.07) is 15.1. The number of carbonyl (C=O) groups is 4. The second kappa shape index (κ2) is 18.8. The zero-order valence-electron chi connectivity index (χ0n) is 35.3. The summed E-state index contributed by atoms with van der Waals surface area (Å²) in [6.45, 7) is 12.2. The van der Waals surface area contributed by atoms with Gasteiger partial charge in [-0.1, -0.05) is 18.2 Å². The molecule has 2 aromatic carbocycles. The van der Waals surface area contributed by atoms with Crippen molar-refractivity contribution in [1.29, 1.82) is 0 Å². The van der Waals surface area contributed by atoms with Crippen molar-refractivity contribution in [2.24, 2.45) is 5.92 Å². The quantitative estimate of drug-likeness (QED) is 0.132. The van der Waals surface area contributed by atoms with Gasteiger partial charge in [-0.15, -0.1) is 0 Å². The molecule has 16 heteroatoms. The van der Waals surface area contributed by atoms with Gasteiger partial charge in [-0.25, -0.2) is 14.8 Å². The number of rotatable bonds is 13. The van der Waals surface area contributed by atoms with E-state index in [1.165, 1.54) is 0 Å². The number of imide groups is 1. The minimum absolute atomic E-state index is 0.00707. The third kappa shape index (κ3) is 10.5. The van der Waals surface area contributed by atoms with Crippen LogP contribution in [-0.4, -0.2) is 122 Å². The molecular weight excluding hydrogens is 775 g/mol. The van der Waals surface area contributed by atoms with Crippen molar-refractivity contribution in [1.82, 2.24) is 45.1 Å². The minimum atomic E-state index is -0.492. The van der Waals surface area contributed by atoms with E-state index in [0.29, 0.717) is 61.6 Å². The highest BCUT2D eigenvalue weighted by atomic mass is 16.5. The number of ether oxygens (including phenoxy) is 1. The lowest BCUT2D eigenvalue weighted by Crippen LogP contribution is -2.58. The molecular formula is C45H57N11O5. The average Bonchev–Trinajstić information content (AvgIpc) is 3.71. The van der Waals surface area contributed by atoms with Crippen LogP contribution in [0.15, 0.2) is 67.1 Å². The number of piperidine rings is 3. The van der Waals surface area contributed by atoms with E-state index in [-0.39, 0.29) is 36.0 Å². The normalized spacial score (nSPS) is 19.4. The molecule has 2 aromatic heterocycles. The van der Waals surface area contributed by atoms with Gasteiger partial charge in [-0.3, -0.25) is 24.4 Å². The Bertz CT molecular complexity index is 2210. The number of nitrogens with one attached hydrogen (secondary N) is 4. The van der Waals surface area contributed by atoms with Crippen LogP contribution in [0.2, 0.25) is 0 Å². The fourth-order valence-corrected chi connectivity index (χ4v) is 8.73. The number of amides is 5. The maximum Gasteiger partial charge on any atom is 0.317 e. The number of benzene rings is 2. The van der Waals surface area contributed by atoms with E-state index >= 15 is 0 Å². The number of hydrogen-bond donors (Lipinski definition) is 4. The van der Waals surface area contributed by atoms with Gasteiger partial charge in [0.15, 0.2) is 0 Å². The molecule has 4 aliphatic heterocycles. The van der Waals surface area contributed by atoms with E-state index < -0.39 is 6.04 Å². The Morgan fingerprint density at radius 3 is 2.49 bits per heavy atom. The number of carbonyl (C=O) groups excluding carboxylic acids is 4. The molecule has 5 amide bonds. The summed E-state index contributed by atoms with van der Waals surface area (Å²) in [7, 11) is 0. The van der Waals surface area contributed by atoms with Crippen LogP contribution in [0.25, 0.3) is 11.3 Å². The molecule has 8 rings (SSSR count). The van der Waals surface area contributed by atoms with E-state index in [1.807, 2.05) is 74.5 Å². The highest BCUT2D eigenvalue weighted by Gasteiger charge is 2.32. The van der Waals surface area contributed by atoms with Crippen LogP contribution in [0.1, 0.15) is 79.9 Å². The highest BCUT2D eigenvalue weighted by Crippen LogP contribution is 2.28. The zero-order chi connectivity index (χ0) is 42.5. The Morgan fingerprint density at radius 1 is 0.934 bits per heavy atom. The molecule has 0 radical (unpaired) electrons. The molecule has 322 valence electrons. The number of aromatic nitrogens is 4. The minimum Gasteiger partial charge on any atom is -0.374 e. The van der Waals surface area contributed by atoms with Crippen LogP contribution in [-0.2, 0) is 20.9 Å². The van der Waals surface area contributed by atoms with Gasteiger partial charge in [-0.2, -0.15) is 5.10 Å². The number of aryl methyl sites for hydroxylation is 1. The van der Waals surface area contributed by atoms with Gasteiger partial charge in [-0.05, 0) is 100 Å². The van der Waals surface area contributed by atoms with E-state index in [4.69, 9.17) is 14.8 Å². The Kier molecular flexibility index (Phi) is 12.9. The fraction of sp³-hybridized carbons (Fsp3) is 0.489. The lowest BCUT2D eigenvalue weighted by molar-refractivity contribution is -0.133. The zero-order valence-corrected chi connectivity index (χ0v) is 35.3. The molecule has 6 heterocycles. The van der Waals surface area contributed by atoms with Crippen molar-refractivity contribution >= 4 is 41.1 Å². The molecule has 1 atom stereocenters. The van der Waals surface area contributed by atoms with Crippen LogP contribution < -0.4 is 21.3 Å². The van der Waals surface area contributed by atoms with E-state index in [9.17, 15) is 19.2 Å². The third-order valence-corrected chi connectivity index (χ3v) is 12.2. The predicted octanol–water partition coefficient (Wildman–Crippen LogP) is 5.12. The molecule has 61 heavy (non-hydrogen) atoms. The van der Waals surface area contributed by atoms with Gasteiger partial charge in [0, 0.05) is 74.9 Å². The third-order valence-electron chi connectivity index (χ3n) is 12.2. The van der Waals surface area contributed by atoms with Gasteiger partial charge in [0.2, 0.25) is 17.8 Å². The molecule has 0 aliphatic carbocycles. The van der Waals surface area contributed by atoms with Crippen molar-refractivity contribution in [2.75, 3.05) is 56.4 Å². The Labute approximate surface area is 356 Å². The maximum absolute atomic E-state index is 13.4. The topological polar surface area (TPSA) is 179 Å². The van der Waals surface area contributed by atoms with Crippen LogP contribution in [0.3, 0.4) is 0 Å². The monoisotopic (exact) mass is 831 g/mol. The maximum atomic E-state index is 13.4. The number of hydrogen-bond acceptors (Lipinski definition) is 11. The molecule has 4 aromatic rings. The van der Waals surface area contributed by atoms with E-state index in [0.717, 1.165) is 86.5 Å². The molecule has 0 spiro atoms. The van der Waals surface area contributed by atoms with Crippen molar-refractivity contribution in [2.45, 2.75) is 90.1 Å². The molecule has 4 fully saturated rings. The van der Waals surface area contributed by atoms with Gasteiger partial charge in [0.05, 0.1) is 48.9 Å². The first kappa shape index (κ1) is 41.8. The molecule has 0 saturated carbocycles. The predicted molar refractivity (Wildman–Crippen MR) is 231 cm³/mol. The van der Waals surface area contributed by atoms with Crippen molar-refractivity contribution < 1.29 is 23.9 Å². The van der Waals surface area contributed by atoms with Crippen molar-refractivity contribution in [3.05, 3.63) is 83.8 Å². The largest absolute Gasteiger partial charge is 0.374 e. The molecule has 0 bridgehead atoms. The summed E-state index contributed by atoms with van der Waals surface area (Å²) in [5.41, 5.74) is 6.03.